The standard InChI is InChI=1S/C8H6N2O2S/c1-6-2-3-7(9-5-13)8(4-6)10(11)12/h2-4H,1H3. The van der Waals surface area contributed by atoms with E-state index >= 15 is 0 Å². The minimum atomic E-state index is -0.488. The predicted molar refractivity (Wildman–Crippen MR) is 52.5 cm³/mol. The highest BCUT2D eigenvalue weighted by Crippen LogP contribution is 2.27. The lowest BCUT2D eigenvalue weighted by atomic mass is 10.2. The summed E-state index contributed by atoms with van der Waals surface area (Å²) in [7, 11) is 0. The minimum Gasteiger partial charge on any atom is -0.258 e. The van der Waals surface area contributed by atoms with Gasteiger partial charge in [0.05, 0.1) is 10.1 Å². The minimum absolute atomic E-state index is 0.0441. The maximum atomic E-state index is 10.5. The number of nitro groups is 1. The van der Waals surface area contributed by atoms with Gasteiger partial charge in [0.2, 0.25) is 0 Å². The zero-order valence-electron chi connectivity index (χ0n) is 6.85. The summed E-state index contributed by atoms with van der Waals surface area (Å²) in [6.45, 7) is 1.78. The van der Waals surface area contributed by atoms with Gasteiger partial charge in [-0.1, -0.05) is 6.07 Å². The van der Waals surface area contributed by atoms with Crippen molar-refractivity contribution >= 4 is 28.8 Å². The molecule has 0 atom stereocenters. The van der Waals surface area contributed by atoms with E-state index in [1.54, 1.807) is 19.1 Å². The second-order valence-electron chi connectivity index (χ2n) is 2.45. The molecule has 0 saturated carbocycles. The fourth-order valence-corrected chi connectivity index (χ4v) is 1.02. The molecule has 0 spiro atoms. The lowest BCUT2D eigenvalue weighted by Gasteiger charge is -1.96. The SMILES string of the molecule is Cc1ccc(N=C=S)c([N+](=O)[O-])c1. The monoisotopic (exact) mass is 194 g/mol. The van der Waals surface area contributed by atoms with E-state index in [1.165, 1.54) is 6.07 Å². The Morgan fingerprint density at radius 1 is 1.62 bits per heavy atom. The van der Waals surface area contributed by atoms with Crippen molar-refractivity contribution in [3.05, 3.63) is 33.9 Å². The Labute approximate surface area is 80.1 Å². The summed E-state index contributed by atoms with van der Waals surface area (Å²) >= 11 is 4.37. The average Bonchev–Trinajstić information content (AvgIpc) is 2.08. The highest BCUT2D eigenvalue weighted by atomic mass is 32.1. The van der Waals surface area contributed by atoms with Crippen LogP contribution >= 0.6 is 12.2 Å². The lowest BCUT2D eigenvalue weighted by Crippen LogP contribution is -1.88. The zero-order valence-corrected chi connectivity index (χ0v) is 7.67. The molecule has 0 N–H and O–H groups in total. The molecule has 0 aliphatic carbocycles. The quantitative estimate of drug-likeness (QED) is 0.315. The van der Waals surface area contributed by atoms with Gasteiger partial charge in [-0.3, -0.25) is 10.1 Å². The summed E-state index contributed by atoms with van der Waals surface area (Å²) in [5, 5.41) is 12.6. The van der Waals surface area contributed by atoms with Crippen LogP contribution in [-0.2, 0) is 0 Å². The van der Waals surface area contributed by atoms with Gasteiger partial charge >= 0.3 is 0 Å². The van der Waals surface area contributed by atoms with E-state index in [-0.39, 0.29) is 11.4 Å². The first-order valence-corrected chi connectivity index (χ1v) is 3.89. The Morgan fingerprint density at radius 2 is 2.31 bits per heavy atom. The molecule has 0 saturated heterocycles. The Morgan fingerprint density at radius 3 is 2.85 bits per heavy atom. The Kier molecular flexibility index (Phi) is 2.84. The molecule has 0 aliphatic rings. The van der Waals surface area contributed by atoms with Gasteiger partial charge in [0, 0.05) is 6.07 Å². The summed E-state index contributed by atoms with van der Waals surface area (Å²) in [6, 6.07) is 4.73. The molecule has 0 fully saturated rings. The summed E-state index contributed by atoms with van der Waals surface area (Å²) in [6.07, 6.45) is 0. The van der Waals surface area contributed by atoms with Crippen LogP contribution in [0, 0.1) is 17.0 Å². The number of hydrogen-bond donors (Lipinski definition) is 0. The van der Waals surface area contributed by atoms with E-state index in [4.69, 9.17) is 0 Å². The molecule has 0 radical (unpaired) electrons. The molecular formula is C8H6N2O2S. The zero-order chi connectivity index (χ0) is 9.84. The third-order valence-electron chi connectivity index (χ3n) is 1.49. The Balaban J connectivity index is 3.34. The molecular weight excluding hydrogens is 188 g/mol. The third-order valence-corrected chi connectivity index (χ3v) is 1.58. The largest absolute Gasteiger partial charge is 0.295 e. The van der Waals surface area contributed by atoms with E-state index in [0.717, 1.165) is 5.56 Å². The average molecular weight is 194 g/mol. The predicted octanol–water partition coefficient (Wildman–Crippen LogP) is 2.64. The van der Waals surface area contributed by atoms with Crippen LogP contribution in [0.15, 0.2) is 23.2 Å². The van der Waals surface area contributed by atoms with Crippen LogP contribution < -0.4 is 0 Å². The first-order chi connectivity index (χ1) is 6.15. The second-order valence-corrected chi connectivity index (χ2v) is 2.63. The topological polar surface area (TPSA) is 55.5 Å². The first kappa shape index (κ1) is 9.51. The normalized spacial score (nSPS) is 9.00. The molecule has 13 heavy (non-hydrogen) atoms. The van der Waals surface area contributed by atoms with Crippen LogP contribution in [0.3, 0.4) is 0 Å². The summed E-state index contributed by atoms with van der Waals surface area (Å²) in [4.78, 5) is 13.6. The molecule has 1 aromatic rings. The number of aliphatic imine (C=N–C) groups is 1. The highest BCUT2D eigenvalue weighted by Gasteiger charge is 2.12. The van der Waals surface area contributed by atoms with Crippen molar-refractivity contribution in [2.75, 3.05) is 0 Å². The molecule has 0 aromatic heterocycles. The number of isothiocyanates is 1. The fourth-order valence-electron chi connectivity index (χ4n) is 0.923. The van der Waals surface area contributed by atoms with Crippen molar-refractivity contribution in [1.82, 2.24) is 0 Å². The van der Waals surface area contributed by atoms with Crippen molar-refractivity contribution < 1.29 is 4.92 Å². The van der Waals surface area contributed by atoms with Crippen molar-refractivity contribution in [2.24, 2.45) is 4.99 Å². The molecule has 0 bridgehead atoms. The summed E-state index contributed by atoms with van der Waals surface area (Å²) < 4.78 is 0. The van der Waals surface area contributed by atoms with E-state index in [1.807, 2.05) is 0 Å². The Hall–Kier alpha value is -1.58. The van der Waals surface area contributed by atoms with Crippen molar-refractivity contribution in [3.8, 4) is 0 Å². The molecule has 1 aromatic carbocycles. The van der Waals surface area contributed by atoms with E-state index in [0.29, 0.717) is 0 Å². The van der Waals surface area contributed by atoms with Crippen LogP contribution in [0.25, 0.3) is 0 Å². The van der Waals surface area contributed by atoms with Crippen molar-refractivity contribution in [2.45, 2.75) is 6.92 Å². The van der Waals surface area contributed by atoms with Crippen LogP contribution in [0.4, 0.5) is 11.4 Å². The first-order valence-electron chi connectivity index (χ1n) is 3.48. The summed E-state index contributed by atoms with van der Waals surface area (Å²) in [5.74, 6) is 0. The number of hydrogen-bond acceptors (Lipinski definition) is 4. The maximum Gasteiger partial charge on any atom is 0.295 e. The third kappa shape index (κ3) is 2.18. The van der Waals surface area contributed by atoms with Gasteiger partial charge in [0.25, 0.3) is 5.69 Å². The Bertz CT molecular complexity index is 397. The number of nitrogens with zero attached hydrogens (tertiary/aromatic N) is 2. The second kappa shape index (κ2) is 3.89. The van der Waals surface area contributed by atoms with Gasteiger partial charge in [-0.15, -0.1) is 0 Å². The molecule has 0 amide bonds. The molecule has 4 nitrogen and oxygen atoms in total. The number of nitro benzene ring substituents is 1. The number of aryl methyl sites for hydroxylation is 1. The lowest BCUT2D eigenvalue weighted by molar-refractivity contribution is -0.384. The molecule has 5 heteroatoms. The fraction of sp³-hybridized carbons (Fsp3) is 0.125. The number of rotatable bonds is 2. The number of benzene rings is 1. The smallest absolute Gasteiger partial charge is 0.258 e. The molecule has 1 rings (SSSR count). The van der Waals surface area contributed by atoms with Gasteiger partial charge in [-0.2, -0.15) is 4.99 Å². The highest BCUT2D eigenvalue weighted by molar-refractivity contribution is 7.78. The van der Waals surface area contributed by atoms with E-state index in [2.05, 4.69) is 22.4 Å². The van der Waals surface area contributed by atoms with E-state index < -0.39 is 4.92 Å². The van der Waals surface area contributed by atoms with Gasteiger partial charge in [-0.25, -0.2) is 0 Å². The maximum absolute atomic E-state index is 10.5. The van der Waals surface area contributed by atoms with Crippen molar-refractivity contribution in [1.29, 1.82) is 0 Å². The molecule has 0 aliphatic heterocycles. The van der Waals surface area contributed by atoms with Gasteiger partial charge in [0.15, 0.2) is 5.69 Å². The molecule has 0 heterocycles. The summed E-state index contributed by atoms with van der Waals surface area (Å²) in [5.41, 5.74) is 1.01. The van der Waals surface area contributed by atoms with Crippen LogP contribution in [-0.4, -0.2) is 10.1 Å². The number of thiocarbonyl (C=S) groups is 1. The van der Waals surface area contributed by atoms with Gasteiger partial charge < -0.3 is 0 Å². The van der Waals surface area contributed by atoms with Gasteiger partial charge in [-0.05, 0) is 30.8 Å². The van der Waals surface area contributed by atoms with Crippen molar-refractivity contribution in [3.63, 3.8) is 0 Å². The molecule has 66 valence electrons. The van der Waals surface area contributed by atoms with Gasteiger partial charge in [0.1, 0.15) is 0 Å². The van der Waals surface area contributed by atoms with E-state index in [9.17, 15) is 10.1 Å². The van der Waals surface area contributed by atoms with Crippen LogP contribution in [0.2, 0.25) is 0 Å². The van der Waals surface area contributed by atoms with Crippen LogP contribution in [0.1, 0.15) is 5.56 Å². The molecule has 0 unspecified atom stereocenters. The van der Waals surface area contributed by atoms with Crippen LogP contribution in [0.5, 0.6) is 0 Å².